The van der Waals surface area contributed by atoms with Gasteiger partial charge in [-0.15, -0.1) is 0 Å². The third-order valence-corrected chi connectivity index (χ3v) is 5.42. The van der Waals surface area contributed by atoms with Crippen molar-refractivity contribution in [3.8, 4) is 0 Å². The molecule has 0 aliphatic carbocycles. The van der Waals surface area contributed by atoms with Crippen LogP contribution in [-0.4, -0.2) is 30.6 Å². The zero-order valence-electron chi connectivity index (χ0n) is 16.5. The Kier molecular flexibility index (Phi) is 5.86. The first-order valence-electron chi connectivity index (χ1n) is 10.0. The van der Waals surface area contributed by atoms with E-state index >= 15 is 0 Å². The second-order valence-electron chi connectivity index (χ2n) is 7.15. The number of esters is 1. The van der Waals surface area contributed by atoms with Gasteiger partial charge in [-0.25, -0.2) is 4.79 Å². The normalized spacial score (nSPS) is 14.1. The highest BCUT2D eigenvalue weighted by molar-refractivity contribution is 6.31. The van der Waals surface area contributed by atoms with Crippen molar-refractivity contribution < 1.29 is 9.53 Å². The number of benzene rings is 2. The molecule has 0 unspecified atom stereocenters. The molecule has 6 heteroatoms. The van der Waals surface area contributed by atoms with E-state index in [0.717, 1.165) is 29.7 Å². The van der Waals surface area contributed by atoms with Crippen molar-refractivity contribution in [2.45, 2.75) is 26.2 Å². The van der Waals surface area contributed by atoms with Crippen LogP contribution in [0.5, 0.6) is 0 Å². The van der Waals surface area contributed by atoms with Crippen LogP contribution in [0.25, 0.3) is 10.9 Å². The Morgan fingerprint density at radius 2 is 1.90 bits per heavy atom. The van der Waals surface area contributed by atoms with Gasteiger partial charge in [-0.05, 0) is 68.7 Å². The third kappa shape index (κ3) is 4.30. The van der Waals surface area contributed by atoms with E-state index in [2.05, 4.69) is 27.3 Å². The fourth-order valence-electron chi connectivity index (χ4n) is 3.72. The molecule has 0 saturated carbocycles. The molecular weight excluding hydrogens is 386 g/mol. The summed E-state index contributed by atoms with van der Waals surface area (Å²) in [6.07, 6.45) is 5.35. The van der Waals surface area contributed by atoms with Gasteiger partial charge in [-0.2, -0.15) is 0 Å². The number of pyridine rings is 1. The SMILES string of the molecule is CCOC(=O)c1cnc2ccc(Cl)cc2c1Nc1ccc(N2CCCCC2)cc1. The number of piperidine rings is 1. The first-order chi connectivity index (χ1) is 14.2. The number of carbonyl (C=O) groups excluding carboxylic acids is 1. The second-order valence-corrected chi connectivity index (χ2v) is 7.58. The number of nitrogens with zero attached hydrogens (tertiary/aromatic N) is 2. The molecule has 3 aromatic rings. The minimum Gasteiger partial charge on any atom is -0.462 e. The standard InChI is InChI=1S/C23H24ClN3O2/c1-2-29-23(28)20-15-25-21-11-6-16(24)14-19(21)22(20)26-17-7-9-18(10-8-17)27-12-4-3-5-13-27/h6-11,14-15H,2-5,12-13H2,1H3,(H,25,26). The van der Waals surface area contributed by atoms with Crippen LogP contribution < -0.4 is 10.2 Å². The zero-order chi connectivity index (χ0) is 20.2. The maximum Gasteiger partial charge on any atom is 0.341 e. The fourth-order valence-corrected chi connectivity index (χ4v) is 3.89. The predicted molar refractivity (Wildman–Crippen MR) is 118 cm³/mol. The molecule has 0 atom stereocenters. The number of fused-ring (bicyclic) bond motifs is 1. The Morgan fingerprint density at radius 1 is 1.14 bits per heavy atom. The number of nitrogens with one attached hydrogen (secondary N) is 1. The van der Waals surface area contributed by atoms with E-state index in [1.165, 1.54) is 24.9 Å². The maximum atomic E-state index is 12.5. The highest BCUT2D eigenvalue weighted by Crippen LogP contribution is 2.32. The van der Waals surface area contributed by atoms with E-state index in [-0.39, 0.29) is 0 Å². The molecule has 0 amide bonds. The van der Waals surface area contributed by atoms with Gasteiger partial charge < -0.3 is 15.0 Å². The molecule has 5 nitrogen and oxygen atoms in total. The van der Waals surface area contributed by atoms with Crippen molar-refractivity contribution in [3.63, 3.8) is 0 Å². The number of hydrogen-bond acceptors (Lipinski definition) is 5. The largest absolute Gasteiger partial charge is 0.462 e. The van der Waals surface area contributed by atoms with Gasteiger partial charge in [-0.1, -0.05) is 11.6 Å². The van der Waals surface area contributed by atoms with Gasteiger partial charge in [0.15, 0.2) is 0 Å². The highest BCUT2D eigenvalue weighted by atomic mass is 35.5. The summed E-state index contributed by atoms with van der Waals surface area (Å²) in [5.74, 6) is -0.408. The topological polar surface area (TPSA) is 54.5 Å². The molecule has 2 heterocycles. The monoisotopic (exact) mass is 409 g/mol. The lowest BCUT2D eigenvalue weighted by Crippen LogP contribution is -2.29. The number of aromatic nitrogens is 1. The second kappa shape index (κ2) is 8.70. The molecule has 1 fully saturated rings. The molecule has 1 aliphatic heterocycles. The van der Waals surface area contributed by atoms with Crippen LogP contribution in [0.1, 0.15) is 36.5 Å². The summed E-state index contributed by atoms with van der Waals surface area (Å²) in [6.45, 7) is 4.30. The average molecular weight is 410 g/mol. The number of halogens is 1. The molecule has 29 heavy (non-hydrogen) atoms. The summed E-state index contributed by atoms with van der Waals surface area (Å²) in [5.41, 5.74) is 3.92. The highest BCUT2D eigenvalue weighted by Gasteiger charge is 2.18. The van der Waals surface area contributed by atoms with E-state index in [1.807, 2.05) is 24.3 Å². The van der Waals surface area contributed by atoms with Gasteiger partial charge in [-0.3, -0.25) is 4.98 Å². The van der Waals surface area contributed by atoms with Gasteiger partial charge in [0.1, 0.15) is 5.56 Å². The first-order valence-corrected chi connectivity index (χ1v) is 10.4. The Bertz CT molecular complexity index is 1010. The Labute approximate surface area is 175 Å². The van der Waals surface area contributed by atoms with Crippen LogP contribution in [0.3, 0.4) is 0 Å². The van der Waals surface area contributed by atoms with Crippen molar-refractivity contribution in [2.24, 2.45) is 0 Å². The molecule has 0 bridgehead atoms. The molecule has 1 saturated heterocycles. The lowest BCUT2D eigenvalue weighted by molar-refractivity contribution is 0.0527. The Balaban J connectivity index is 1.69. The van der Waals surface area contributed by atoms with Gasteiger partial charge in [0.2, 0.25) is 0 Å². The zero-order valence-corrected chi connectivity index (χ0v) is 17.2. The molecule has 0 radical (unpaired) electrons. The third-order valence-electron chi connectivity index (χ3n) is 5.18. The summed E-state index contributed by atoms with van der Waals surface area (Å²) in [7, 11) is 0. The van der Waals surface area contributed by atoms with Crippen molar-refractivity contribution in [1.82, 2.24) is 4.98 Å². The number of hydrogen-bond donors (Lipinski definition) is 1. The van der Waals surface area contributed by atoms with Crippen molar-refractivity contribution in [3.05, 3.63) is 59.2 Å². The van der Waals surface area contributed by atoms with E-state index < -0.39 is 5.97 Å². The van der Waals surface area contributed by atoms with E-state index in [0.29, 0.717) is 22.9 Å². The molecule has 1 aromatic heterocycles. The quantitative estimate of drug-likeness (QED) is 0.540. The molecule has 2 aromatic carbocycles. The van der Waals surface area contributed by atoms with E-state index in [4.69, 9.17) is 16.3 Å². The van der Waals surface area contributed by atoms with Crippen LogP contribution >= 0.6 is 11.6 Å². The smallest absolute Gasteiger partial charge is 0.341 e. The van der Waals surface area contributed by atoms with Crippen molar-refractivity contribution in [2.75, 3.05) is 29.9 Å². The van der Waals surface area contributed by atoms with Gasteiger partial charge >= 0.3 is 5.97 Å². The minimum absolute atomic E-state index is 0.302. The van der Waals surface area contributed by atoms with Crippen LogP contribution in [0, 0.1) is 0 Å². The lowest BCUT2D eigenvalue weighted by Gasteiger charge is -2.29. The van der Waals surface area contributed by atoms with Crippen LogP contribution in [0.15, 0.2) is 48.7 Å². The van der Waals surface area contributed by atoms with Crippen molar-refractivity contribution in [1.29, 1.82) is 0 Å². The summed E-state index contributed by atoms with van der Waals surface area (Å²) < 4.78 is 5.23. The maximum absolute atomic E-state index is 12.5. The first kappa shape index (κ1) is 19.5. The van der Waals surface area contributed by atoms with Crippen LogP contribution in [-0.2, 0) is 4.74 Å². The molecule has 1 N–H and O–H groups in total. The predicted octanol–water partition coefficient (Wildman–Crippen LogP) is 5.80. The fraction of sp³-hybridized carbons (Fsp3) is 0.304. The summed E-state index contributed by atoms with van der Waals surface area (Å²) >= 11 is 6.22. The Hall–Kier alpha value is -2.79. The van der Waals surface area contributed by atoms with Crippen molar-refractivity contribution >= 4 is 45.5 Å². The summed E-state index contributed by atoms with van der Waals surface area (Å²) in [6, 6.07) is 13.8. The van der Waals surface area contributed by atoms with E-state index in [1.54, 1.807) is 19.2 Å². The average Bonchev–Trinajstić information content (AvgIpc) is 2.75. The van der Waals surface area contributed by atoms with Gasteiger partial charge in [0.05, 0.1) is 17.8 Å². The Morgan fingerprint density at radius 3 is 2.62 bits per heavy atom. The number of rotatable bonds is 5. The molecule has 4 rings (SSSR count). The van der Waals surface area contributed by atoms with Gasteiger partial charge in [0, 0.05) is 41.1 Å². The summed E-state index contributed by atoms with van der Waals surface area (Å²) in [4.78, 5) is 19.3. The minimum atomic E-state index is -0.408. The molecule has 0 spiro atoms. The van der Waals surface area contributed by atoms with E-state index in [9.17, 15) is 4.79 Å². The van der Waals surface area contributed by atoms with Crippen LogP contribution in [0.2, 0.25) is 5.02 Å². The molecular formula is C23H24ClN3O2. The number of carbonyl (C=O) groups is 1. The molecule has 1 aliphatic rings. The summed E-state index contributed by atoms with van der Waals surface area (Å²) in [5, 5.41) is 4.76. The van der Waals surface area contributed by atoms with Gasteiger partial charge in [0.25, 0.3) is 0 Å². The number of ether oxygens (including phenoxy) is 1. The molecule has 150 valence electrons. The lowest BCUT2D eigenvalue weighted by atomic mass is 10.1. The number of anilines is 3. The van der Waals surface area contributed by atoms with Crippen LogP contribution in [0.4, 0.5) is 17.1 Å².